The first kappa shape index (κ1) is 12.9. The SMILES string of the molecule is Cc1nn(C)c(CN2CC(C)NC(C)C2)c1Cl. The van der Waals surface area contributed by atoms with E-state index in [1.165, 1.54) is 0 Å². The summed E-state index contributed by atoms with van der Waals surface area (Å²) in [6, 6.07) is 1.07. The molecule has 0 radical (unpaired) electrons. The first-order valence-corrected chi connectivity index (χ1v) is 6.51. The molecule has 0 bridgehead atoms. The van der Waals surface area contributed by atoms with Crippen LogP contribution in [0.1, 0.15) is 25.2 Å². The van der Waals surface area contributed by atoms with Crippen LogP contribution in [0.5, 0.6) is 0 Å². The lowest BCUT2D eigenvalue weighted by Gasteiger charge is -2.36. The summed E-state index contributed by atoms with van der Waals surface area (Å²) >= 11 is 6.28. The van der Waals surface area contributed by atoms with E-state index in [0.717, 1.165) is 36.0 Å². The quantitative estimate of drug-likeness (QED) is 0.872. The number of hydrogen-bond donors (Lipinski definition) is 1. The zero-order valence-corrected chi connectivity index (χ0v) is 11.8. The number of aromatic nitrogens is 2. The molecule has 1 aliphatic heterocycles. The molecular weight excluding hydrogens is 236 g/mol. The maximum Gasteiger partial charge on any atom is 0.0860 e. The van der Waals surface area contributed by atoms with Gasteiger partial charge in [-0.2, -0.15) is 5.10 Å². The molecule has 1 aliphatic rings. The van der Waals surface area contributed by atoms with Crippen LogP contribution in [0.4, 0.5) is 0 Å². The number of aryl methyl sites for hydroxylation is 2. The average molecular weight is 257 g/mol. The van der Waals surface area contributed by atoms with Crippen LogP contribution < -0.4 is 5.32 Å². The van der Waals surface area contributed by atoms with E-state index in [4.69, 9.17) is 11.6 Å². The molecule has 1 saturated heterocycles. The molecular formula is C12H21ClN4. The molecule has 0 aliphatic carbocycles. The van der Waals surface area contributed by atoms with E-state index in [1.807, 2.05) is 18.7 Å². The molecule has 4 nitrogen and oxygen atoms in total. The van der Waals surface area contributed by atoms with Crippen LogP contribution in [0.15, 0.2) is 0 Å². The molecule has 1 N–H and O–H groups in total. The van der Waals surface area contributed by atoms with Crippen LogP contribution in [0.2, 0.25) is 5.02 Å². The highest BCUT2D eigenvalue weighted by atomic mass is 35.5. The van der Waals surface area contributed by atoms with Crippen LogP contribution in [0.3, 0.4) is 0 Å². The molecule has 0 amide bonds. The summed E-state index contributed by atoms with van der Waals surface area (Å²) in [7, 11) is 1.96. The van der Waals surface area contributed by atoms with E-state index in [0.29, 0.717) is 12.1 Å². The maximum absolute atomic E-state index is 6.28. The average Bonchev–Trinajstić information content (AvgIpc) is 2.44. The fourth-order valence-corrected chi connectivity index (χ4v) is 2.85. The van der Waals surface area contributed by atoms with Gasteiger partial charge in [0.1, 0.15) is 0 Å². The van der Waals surface area contributed by atoms with Gasteiger partial charge in [0.15, 0.2) is 0 Å². The van der Waals surface area contributed by atoms with Crippen LogP contribution in [-0.2, 0) is 13.6 Å². The Morgan fingerprint density at radius 3 is 2.41 bits per heavy atom. The van der Waals surface area contributed by atoms with Crippen molar-refractivity contribution in [1.82, 2.24) is 20.0 Å². The van der Waals surface area contributed by atoms with Gasteiger partial charge in [-0.15, -0.1) is 0 Å². The van der Waals surface area contributed by atoms with Crippen LogP contribution in [0, 0.1) is 6.92 Å². The lowest BCUT2D eigenvalue weighted by molar-refractivity contribution is 0.163. The lowest BCUT2D eigenvalue weighted by atomic mass is 10.1. The highest BCUT2D eigenvalue weighted by Crippen LogP contribution is 2.21. The standard InChI is InChI=1S/C12H21ClN4/c1-8-5-17(6-9(2)14-8)7-11-12(13)10(3)15-16(11)4/h8-9,14H,5-7H2,1-4H3. The second kappa shape index (κ2) is 4.96. The van der Waals surface area contributed by atoms with Crippen molar-refractivity contribution in [3.8, 4) is 0 Å². The third kappa shape index (κ3) is 2.81. The monoisotopic (exact) mass is 256 g/mol. The van der Waals surface area contributed by atoms with Crippen LogP contribution >= 0.6 is 11.6 Å². The second-order valence-electron chi connectivity index (χ2n) is 5.13. The molecule has 0 spiro atoms. The molecule has 17 heavy (non-hydrogen) atoms. The van der Waals surface area contributed by atoms with E-state index in [9.17, 15) is 0 Å². The van der Waals surface area contributed by atoms with E-state index < -0.39 is 0 Å². The van der Waals surface area contributed by atoms with E-state index >= 15 is 0 Å². The first-order valence-electron chi connectivity index (χ1n) is 6.13. The maximum atomic E-state index is 6.28. The van der Waals surface area contributed by atoms with Gasteiger partial charge >= 0.3 is 0 Å². The molecule has 96 valence electrons. The minimum absolute atomic E-state index is 0.534. The molecule has 1 aromatic heterocycles. The summed E-state index contributed by atoms with van der Waals surface area (Å²) in [5.41, 5.74) is 2.03. The summed E-state index contributed by atoms with van der Waals surface area (Å²) in [5.74, 6) is 0. The van der Waals surface area contributed by atoms with Crippen LogP contribution in [0.25, 0.3) is 0 Å². The third-order valence-electron chi connectivity index (χ3n) is 3.27. The van der Waals surface area contributed by atoms with Gasteiger partial charge < -0.3 is 5.32 Å². The third-order valence-corrected chi connectivity index (χ3v) is 3.76. The Labute approximate surface area is 108 Å². The summed E-state index contributed by atoms with van der Waals surface area (Å²) in [4.78, 5) is 2.44. The molecule has 2 atom stereocenters. The molecule has 0 saturated carbocycles. The summed E-state index contributed by atoms with van der Waals surface area (Å²) in [6.45, 7) is 9.40. The predicted molar refractivity (Wildman–Crippen MR) is 70.3 cm³/mol. The Morgan fingerprint density at radius 2 is 1.94 bits per heavy atom. The van der Waals surface area contributed by atoms with Crippen molar-refractivity contribution in [1.29, 1.82) is 0 Å². The predicted octanol–water partition coefficient (Wildman–Crippen LogP) is 1.56. The Balaban J connectivity index is 2.10. The topological polar surface area (TPSA) is 33.1 Å². The van der Waals surface area contributed by atoms with E-state index in [2.05, 4.69) is 29.2 Å². The fourth-order valence-electron chi connectivity index (χ4n) is 2.63. The van der Waals surface area contributed by atoms with Gasteiger partial charge in [0.2, 0.25) is 0 Å². The molecule has 2 rings (SSSR count). The molecule has 1 fully saturated rings. The van der Waals surface area contributed by atoms with Gasteiger partial charge in [-0.3, -0.25) is 9.58 Å². The van der Waals surface area contributed by atoms with Gasteiger partial charge in [0.25, 0.3) is 0 Å². The Hall–Kier alpha value is -0.580. The molecule has 2 heterocycles. The lowest BCUT2D eigenvalue weighted by Crippen LogP contribution is -2.53. The Morgan fingerprint density at radius 1 is 1.35 bits per heavy atom. The van der Waals surface area contributed by atoms with Crippen molar-refractivity contribution in [3.63, 3.8) is 0 Å². The highest BCUT2D eigenvalue weighted by Gasteiger charge is 2.23. The van der Waals surface area contributed by atoms with E-state index in [1.54, 1.807) is 0 Å². The number of halogens is 1. The van der Waals surface area contributed by atoms with Crippen molar-refractivity contribution >= 4 is 11.6 Å². The minimum atomic E-state index is 0.534. The highest BCUT2D eigenvalue weighted by molar-refractivity contribution is 6.31. The number of nitrogens with one attached hydrogen (secondary N) is 1. The minimum Gasteiger partial charge on any atom is -0.309 e. The van der Waals surface area contributed by atoms with E-state index in [-0.39, 0.29) is 0 Å². The van der Waals surface area contributed by atoms with Crippen LogP contribution in [-0.4, -0.2) is 39.9 Å². The normalized spacial score (nSPS) is 26.4. The first-order chi connectivity index (χ1) is 7.97. The van der Waals surface area contributed by atoms with Crippen molar-refractivity contribution in [2.24, 2.45) is 7.05 Å². The van der Waals surface area contributed by atoms with Crippen molar-refractivity contribution in [2.45, 2.75) is 39.4 Å². The van der Waals surface area contributed by atoms with Crippen molar-refractivity contribution in [2.75, 3.05) is 13.1 Å². The summed E-state index contributed by atoms with van der Waals surface area (Å²) < 4.78 is 1.90. The summed E-state index contributed by atoms with van der Waals surface area (Å²) in [5, 5.41) is 8.70. The van der Waals surface area contributed by atoms with Gasteiger partial charge in [0.05, 0.1) is 16.4 Å². The largest absolute Gasteiger partial charge is 0.309 e. The molecule has 1 aromatic rings. The van der Waals surface area contributed by atoms with Gasteiger partial charge in [0, 0.05) is 38.8 Å². The van der Waals surface area contributed by atoms with Crippen molar-refractivity contribution < 1.29 is 0 Å². The zero-order valence-electron chi connectivity index (χ0n) is 11.0. The molecule has 5 heteroatoms. The number of rotatable bonds is 2. The number of nitrogens with zero attached hydrogens (tertiary/aromatic N) is 3. The van der Waals surface area contributed by atoms with Gasteiger partial charge in [-0.25, -0.2) is 0 Å². The number of hydrogen-bond acceptors (Lipinski definition) is 3. The Bertz CT molecular complexity index is 391. The molecule has 2 unspecified atom stereocenters. The van der Waals surface area contributed by atoms with Gasteiger partial charge in [-0.05, 0) is 20.8 Å². The Kier molecular flexibility index (Phi) is 3.76. The zero-order chi connectivity index (χ0) is 12.6. The summed E-state index contributed by atoms with van der Waals surface area (Å²) in [6.07, 6.45) is 0. The smallest absolute Gasteiger partial charge is 0.0860 e. The number of piperazine rings is 1. The second-order valence-corrected chi connectivity index (χ2v) is 5.51. The van der Waals surface area contributed by atoms with Gasteiger partial charge in [-0.1, -0.05) is 11.6 Å². The van der Waals surface area contributed by atoms with Crippen molar-refractivity contribution in [3.05, 3.63) is 16.4 Å². The molecule has 0 aromatic carbocycles. The fraction of sp³-hybridized carbons (Fsp3) is 0.750.